The van der Waals surface area contributed by atoms with Gasteiger partial charge < -0.3 is 15.7 Å². The molecule has 0 aromatic carbocycles. The molecule has 9 heteroatoms. The van der Waals surface area contributed by atoms with Gasteiger partial charge in [0.2, 0.25) is 5.91 Å². The van der Waals surface area contributed by atoms with Crippen molar-refractivity contribution in [2.24, 2.45) is 74.9 Å². The largest absolute Gasteiger partial charge is 0.481 e. The Kier molecular flexibility index (Phi) is 11.0. The van der Waals surface area contributed by atoms with E-state index in [9.17, 15) is 29.1 Å². The first-order valence-corrected chi connectivity index (χ1v) is 22.6. The summed E-state index contributed by atoms with van der Waals surface area (Å²) in [6.45, 7) is 22.2. The molecule has 1 aromatic rings. The molecule has 6 aliphatic carbocycles. The van der Waals surface area contributed by atoms with Crippen LogP contribution in [-0.4, -0.2) is 51.5 Å². The highest BCUT2D eigenvalue weighted by atomic mass is 16.4. The van der Waals surface area contributed by atoms with Crippen LogP contribution in [0.5, 0.6) is 0 Å². The van der Waals surface area contributed by atoms with E-state index in [1.54, 1.807) is 6.07 Å². The molecule has 1 heterocycles. The van der Waals surface area contributed by atoms with Gasteiger partial charge in [-0.25, -0.2) is 4.98 Å². The number of carboxylic acids is 1. The molecule has 0 aliphatic heterocycles. The molecule has 5 fully saturated rings. The highest BCUT2D eigenvalue weighted by molar-refractivity contribution is 6.01. The van der Waals surface area contributed by atoms with E-state index >= 15 is 0 Å². The standard InChI is InChI=1S/C49H71N3O6/c1-27(2)41-37(54)24-49(25-40(55)50-26-45(5,6)52-43(56)35-13-11-12-28(3)51-35)21-17-34-31(42(41)49)14-15-39-47(34,9)20-18-38-46(7,8)30(16-19-48(38,39)10)22-36(53)32-23-33(29(32)4)44(57)58/h11-13,27,29-34,38-39H,14-26H2,1-10H3,(H,50,55)(H,52,56)(H,57,58). The molecule has 9 nitrogen and oxygen atoms in total. The Hall–Kier alpha value is -3.36. The maximum atomic E-state index is 14.1. The summed E-state index contributed by atoms with van der Waals surface area (Å²) in [6.07, 6.45) is 10.2. The van der Waals surface area contributed by atoms with Gasteiger partial charge in [-0.05, 0) is 154 Å². The summed E-state index contributed by atoms with van der Waals surface area (Å²) in [4.78, 5) is 70.7. The summed E-state index contributed by atoms with van der Waals surface area (Å²) in [5.74, 6) is 1.05. The number of carbonyl (C=O) groups is 5. The van der Waals surface area contributed by atoms with Crippen molar-refractivity contribution >= 4 is 29.4 Å². The van der Waals surface area contributed by atoms with E-state index in [4.69, 9.17) is 0 Å². The molecule has 11 atom stereocenters. The number of hydrogen-bond donors (Lipinski definition) is 3. The topological polar surface area (TPSA) is 143 Å². The molecule has 318 valence electrons. The first-order chi connectivity index (χ1) is 27.0. The van der Waals surface area contributed by atoms with Crippen LogP contribution in [0.3, 0.4) is 0 Å². The van der Waals surface area contributed by atoms with Crippen LogP contribution in [-0.2, 0) is 19.2 Å². The molecular weight excluding hydrogens is 727 g/mol. The van der Waals surface area contributed by atoms with Gasteiger partial charge in [-0.2, -0.15) is 0 Å². The summed E-state index contributed by atoms with van der Waals surface area (Å²) in [7, 11) is 0. The lowest BCUT2D eigenvalue weighted by atomic mass is 9.35. The number of nitrogens with zero attached hydrogens (tertiary/aromatic N) is 1. The lowest BCUT2D eigenvalue weighted by Gasteiger charge is -2.69. The van der Waals surface area contributed by atoms with Gasteiger partial charge in [0.25, 0.3) is 5.91 Å². The average Bonchev–Trinajstić information content (AvgIpc) is 3.42. The van der Waals surface area contributed by atoms with Crippen LogP contribution in [0.4, 0.5) is 0 Å². The zero-order valence-corrected chi connectivity index (χ0v) is 37.1. The number of pyridine rings is 1. The van der Waals surface area contributed by atoms with Crippen LogP contribution in [0.2, 0.25) is 0 Å². The molecule has 11 unspecified atom stereocenters. The van der Waals surface area contributed by atoms with Crippen molar-refractivity contribution < 1.29 is 29.1 Å². The predicted molar refractivity (Wildman–Crippen MR) is 224 cm³/mol. The number of fused-ring (bicyclic) bond motifs is 7. The molecule has 7 rings (SSSR count). The highest BCUT2D eigenvalue weighted by Crippen LogP contribution is 2.74. The number of aromatic nitrogens is 1. The molecule has 0 bridgehead atoms. The average molecular weight is 798 g/mol. The number of amides is 2. The van der Waals surface area contributed by atoms with Gasteiger partial charge in [-0.1, -0.05) is 60.1 Å². The summed E-state index contributed by atoms with van der Waals surface area (Å²) >= 11 is 0. The zero-order chi connectivity index (χ0) is 42.3. The van der Waals surface area contributed by atoms with E-state index in [-0.39, 0.29) is 69.8 Å². The van der Waals surface area contributed by atoms with Gasteiger partial charge in [0.15, 0.2) is 5.78 Å². The van der Waals surface area contributed by atoms with Crippen molar-refractivity contribution in [3.8, 4) is 0 Å². The molecule has 2 amide bonds. The number of nitrogens with one attached hydrogen (secondary N) is 2. The van der Waals surface area contributed by atoms with Gasteiger partial charge in [0.05, 0.1) is 11.5 Å². The summed E-state index contributed by atoms with van der Waals surface area (Å²) in [6, 6.07) is 5.36. The summed E-state index contributed by atoms with van der Waals surface area (Å²) in [5, 5.41) is 15.7. The van der Waals surface area contributed by atoms with Crippen LogP contribution in [0.1, 0.15) is 156 Å². The predicted octanol–water partition coefficient (Wildman–Crippen LogP) is 8.93. The molecule has 6 aliphatic rings. The minimum Gasteiger partial charge on any atom is -0.481 e. The number of ketones is 2. The van der Waals surface area contributed by atoms with Gasteiger partial charge in [0, 0.05) is 42.8 Å². The molecule has 1 aromatic heterocycles. The number of carbonyl (C=O) groups excluding carboxylic acids is 4. The van der Waals surface area contributed by atoms with Crippen molar-refractivity contribution in [2.45, 2.75) is 152 Å². The number of hydrogen-bond acceptors (Lipinski definition) is 6. The van der Waals surface area contributed by atoms with E-state index in [0.717, 1.165) is 62.6 Å². The fourth-order valence-electron chi connectivity index (χ4n) is 14.8. The Morgan fingerprint density at radius 2 is 1.64 bits per heavy atom. The van der Waals surface area contributed by atoms with Gasteiger partial charge in [-0.3, -0.25) is 24.0 Å². The second-order valence-electron chi connectivity index (χ2n) is 22.2. The van der Waals surface area contributed by atoms with Crippen LogP contribution in [0, 0.1) is 81.8 Å². The first kappa shape index (κ1) is 42.8. The molecule has 0 radical (unpaired) electrons. The third-order valence-corrected chi connectivity index (χ3v) is 17.7. The molecule has 5 saturated carbocycles. The Morgan fingerprint density at radius 1 is 0.931 bits per heavy atom. The van der Waals surface area contributed by atoms with Crippen LogP contribution in [0.15, 0.2) is 29.3 Å². The van der Waals surface area contributed by atoms with Gasteiger partial charge in [-0.15, -0.1) is 0 Å². The minimum atomic E-state index is -0.772. The van der Waals surface area contributed by atoms with Gasteiger partial charge >= 0.3 is 5.97 Å². The maximum absolute atomic E-state index is 14.1. The third-order valence-electron chi connectivity index (χ3n) is 17.7. The number of aryl methyl sites for hydroxylation is 1. The smallest absolute Gasteiger partial charge is 0.306 e. The number of allylic oxidation sites excluding steroid dienone is 2. The lowest BCUT2D eigenvalue weighted by Crippen LogP contribution is -2.62. The Labute approximate surface area is 347 Å². The minimum absolute atomic E-state index is 0.00909. The summed E-state index contributed by atoms with van der Waals surface area (Å²) < 4.78 is 0. The van der Waals surface area contributed by atoms with Gasteiger partial charge in [0.1, 0.15) is 11.5 Å². The highest BCUT2D eigenvalue weighted by Gasteiger charge is 2.66. The van der Waals surface area contributed by atoms with Crippen molar-refractivity contribution in [3.63, 3.8) is 0 Å². The number of rotatable bonds is 11. The Bertz CT molecular complexity index is 1900. The fraction of sp³-hybridized carbons (Fsp3) is 0.755. The van der Waals surface area contributed by atoms with E-state index in [2.05, 4.69) is 57.2 Å². The van der Waals surface area contributed by atoms with E-state index in [1.807, 2.05) is 39.8 Å². The number of carboxylic acid groups (broad SMARTS) is 1. The molecule has 0 spiro atoms. The van der Waals surface area contributed by atoms with E-state index < -0.39 is 16.9 Å². The number of aliphatic carboxylic acids is 1. The summed E-state index contributed by atoms with van der Waals surface area (Å²) in [5.41, 5.74) is 2.55. The van der Waals surface area contributed by atoms with Crippen LogP contribution >= 0.6 is 0 Å². The lowest BCUT2D eigenvalue weighted by molar-refractivity contribution is -0.193. The van der Waals surface area contributed by atoms with Crippen molar-refractivity contribution in [1.29, 1.82) is 0 Å². The quantitative estimate of drug-likeness (QED) is 0.203. The van der Waals surface area contributed by atoms with Crippen molar-refractivity contribution in [1.82, 2.24) is 15.6 Å². The van der Waals surface area contributed by atoms with E-state index in [0.29, 0.717) is 61.0 Å². The fourth-order valence-corrected chi connectivity index (χ4v) is 14.8. The Balaban J connectivity index is 1.06. The molecule has 58 heavy (non-hydrogen) atoms. The first-order valence-electron chi connectivity index (χ1n) is 22.6. The number of Topliss-reactive ketones (excluding diaryl/α,β-unsaturated/α-hetero) is 2. The normalized spacial score (nSPS) is 37.8. The third kappa shape index (κ3) is 7.10. The van der Waals surface area contributed by atoms with E-state index in [1.165, 1.54) is 5.57 Å². The van der Waals surface area contributed by atoms with Crippen LogP contribution < -0.4 is 10.6 Å². The molecular formula is C49H71N3O6. The van der Waals surface area contributed by atoms with Crippen LogP contribution in [0.25, 0.3) is 0 Å². The maximum Gasteiger partial charge on any atom is 0.306 e. The zero-order valence-electron chi connectivity index (χ0n) is 37.1. The van der Waals surface area contributed by atoms with Crippen molar-refractivity contribution in [3.05, 3.63) is 40.7 Å². The SMILES string of the molecule is Cc1cccc(C(=O)NC(C)(C)CNC(=O)CC23CCC4C(CCC5C4(C)CCC4C(C)(C)C(CC(=O)C6CC(C(=O)O)C6C)CCC45C)C2=C(C(C)C)C(=O)C3)n1. The monoisotopic (exact) mass is 798 g/mol. The second kappa shape index (κ2) is 15.0. The van der Waals surface area contributed by atoms with Crippen molar-refractivity contribution in [2.75, 3.05) is 6.54 Å². The molecule has 0 saturated heterocycles. The second-order valence-corrected chi connectivity index (χ2v) is 22.2. The molecule has 3 N–H and O–H groups in total. The Morgan fingerprint density at radius 3 is 2.29 bits per heavy atom.